The molecule has 0 N–H and O–H groups in total. The van der Waals surface area contributed by atoms with Gasteiger partial charge in [0.05, 0.1) is 18.5 Å². The second-order valence-electron chi connectivity index (χ2n) is 6.54. The molecular weight excluding hydrogens is 403 g/mol. The molecule has 0 aromatic rings. The first-order valence-corrected chi connectivity index (χ1v) is 12.1. The highest BCUT2D eigenvalue weighted by Gasteiger charge is 2.57. The van der Waals surface area contributed by atoms with Crippen molar-refractivity contribution < 1.29 is 44.2 Å². The molecule has 1 aliphatic heterocycles. The average molecular weight is 430 g/mol. The van der Waals surface area contributed by atoms with E-state index in [0.29, 0.717) is 6.42 Å². The van der Waals surface area contributed by atoms with Gasteiger partial charge in [-0.1, -0.05) is 13.3 Å². The Morgan fingerprint density at radius 1 is 1.11 bits per heavy atom. The number of rotatable bonds is 11. The highest BCUT2D eigenvalue weighted by molar-refractivity contribution is 7.86. The van der Waals surface area contributed by atoms with E-state index in [1.165, 1.54) is 6.92 Å². The Morgan fingerprint density at radius 3 is 2.04 bits per heavy atom. The van der Waals surface area contributed by atoms with E-state index in [9.17, 15) is 21.6 Å². The zero-order chi connectivity index (χ0) is 20.9. The van der Waals surface area contributed by atoms with Crippen LogP contribution in [0.3, 0.4) is 0 Å². The summed E-state index contributed by atoms with van der Waals surface area (Å²) < 4.78 is 72.6. The second-order valence-corrected chi connectivity index (χ2v) is 9.83. The number of ether oxygens (including phenoxy) is 3. The van der Waals surface area contributed by atoms with Crippen molar-refractivity contribution in [2.75, 3.05) is 32.3 Å². The third-order valence-electron chi connectivity index (χ3n) is 3.83. The number of carbonyl (C=O) groups is 1. The molecule has 1 heterocycles. The highest BCUT2D eigenvalue weighted by Crippen LogP contribution is 2.36. The quantitative estimate of drug-likeness (QED) is 0.170. The lowest BCUT2D eigenvalue weighted by atomic mass is 9.89. The van der Waals surface area contributed by atoms with E-state index in [1.54, 1.807) is 7.85 Å². The van der Waals surface area contributed by atoms with Gasteiger partial charge in [-0.2, -0.15) is 16.8 Å². The molecule has 10 nitrogen and oxygen atoms in total. The molecule has 0 aromatic heterocycles. The maximum Gasteiger partial charge on any atom is 0.303 e. The Balaban J connectivity index is 3.22. The largest absolute Gasteiger partial charge is 0.458 e. The van der Waals surface area contributed by atoms with Gasteiger partial charge in [0, 0.05) is 13.5 Å². The van der Waals surface area contributed by atoms with Crippen molar-refractivity contribution in [1.82, 2.24) is 0 Å². The molecule has 1 aliphatic rings. The summed E-state index contributed by atoms with van der Waals surface area (Å²) in [6, 6.07) is -0.702. The molecule has 27 heavy (non-hydrogen) atoms. The zero-order valence-electron chi connectivity index (χ0n) is 16.2. The van der Waals surface area contributed by atoms with E-state index in [1.807, 2.05) is 6.92 Å². The van der Waals surface area contributed by atoms with Gasteiger partial charge in [0.15, 0.2) is 0 Å². The molecule has 0 bridgehead atoms. The summed E-state index contributed by atoms with van der Waals surface area (Å²) >= 11 is 0. The van der Waals surface area contributed by atoms with Crippen LogP contribution in [0.4, 0.5) is 0 Å². The van der Waals surface area contributed by atoms with E-state index in [4.69, 9.17) is 22.6 Å². The SMILES string of the molecule is B[C@@H]1OC(COS(C)(=O)=O)(COS(C)(=O)=O)C(OCCCC)[C@@H]1OC(C)=O. The van der Waals surface area contributed by atoms with Crippen LogP contribution in [-0.4, -0.2) is 86.8 Å². The lowest BCUT2D eigenvalue weighted by molar-refractivity contribution is -0.158. The van der Waals surface area contributed by atoms with E-state index < -0.39 is 63.2 Å². The predicted octanol–water partition coefficient (Wildman–Crippen LogP) is -1.22. The smallest absolute Gasteiger partial charge is 0.303 e. The molecule has 158 valence electrons. The van der Waals surface area contributed by atoms with Gasteiger partial charge in [-0.25, -0.2) is 0 Å². The molecule has 0 aliphatic carbocycles. The first kappa shape index (κ1) is 24.3. The van der Waals surface area contributed by atoms with Gasteiger partial charge >= 0.3 is 5.97 Å². The van der Waals surface area contributed by atoms with Crippen molar-refractivity contribution in [1.29, 1.82) is 0 Å². The molecule has 0 radical (unpaired) electrons. The minimum atomic E-state index is -3.86. The van der Waals surface area contributed by atoms with Crippen LogP contribution in [-0.2, 0) is 47.6 Å². The van der Waals surface area contributed by atoms with Crippen molar-refractivity contribution in [2.45, 2.75) is 50.5 Å². The lowest BCUT2D eigenvalue weighted by Crippen LogP contribution is -2.53. The number of hydrogen-bond acceptors (Lipinski definition) is 10. The molecule has 0 spiro atoms. The van der Waals surface area contributed by atoms with E-state index >= 15 is 0 Å². The van der Waals surface area contributed by atoms with Crippen molar-refractivity contribution in [3.8, 4) is 0 Å². The Bertz CT molecular complexity index is 669. The molecule has 0 amide bonds. The van der Waals surface area contributed by atoms with Crippen molar-refractivity contribution in [3.63, 3.8) is 0 Å². The molecule has 1 fully saturated rings. The molecule has 1 rings (SSSR count). The summed E-state index contributed by atoms with van der Waals surface area (Å²) in [4.78, 5) is 11.5. The number of carbonyl (C=O) groups excluding carboxylic acids is 1. The van der Waals surface area contributed by atoms with Gasteiger partial charge in [-0.3, -0.25) is 13.2 Å². The molecule has 0 saturated carbocycles. The lowest BCUT2D eigenvalue weighted by Gasteiger charge is -2.34. The van der Waals surface area contributed by atoms with Crippen molar-refractivity contribution in [2.24, 2.45) is 0 Å². The van der Waals surface area contributed by atoms with Crippen molar-refractivity contribution in [3.05, 3.63) is 0 Å². The van der Waals surface area contributed by atoms with E-state index in [2.05, 4.69) is 0 Å². The first-order valence-electron chi connectivity index (χ1n) is 8.45. The third-order valence-corrected chi connectivity index (χ3v) is 4.92. The Morgan fingerprint density at radius 2 is 1.63 bits per heavy atom. The van der Waals surface area contributed by atoms with Gasteiger partial charge in [0.2, 0.25) is 0 Å². The fourth-order valence-electron chi connectivity index (χ4n) is 2.69. The Hall–Kier alpha value is -0.725. The normalized spacial score (nSPS) is 25.4. The Kier molecular flexibility index (Phi) is 8.69. The van der Waals surface area contributed by atoms with Gasteiger partial charge in [-0.05, 0) is 6.42 Å². The number of hydrogen-bond donors (Lipinski definition) is 0. The summed E-state index contributed by atoms with van der Waals surface area (Å²) in [6.07, 6.45) is 1.36. The molecule has 3 atom stereocenters. The van der Waals surface area contributed by atoms with Crippen molar-refractivity contribution >= 4 is 34.1 Å². The van der Waals surface area contributed by atoms with Gasteiger partial charge in [0.25, 0.3) is 20.2 Å². The van der Waals surface area contributed by atoms with Gasteiger partial charge in [0.1, 0.15) is 38.9 Å². The van der Waals surface area contributed by atoms with Crippen LogP contribution in [0, 0.1) is 0 Å². The molecule has 0 aromatic carbocycles. The Labute approximate surface area is 161 Å². The summed E-state index contributed by atoms with van der Waals surface area (Å²) in [5.74, 6) is -0.580. The van der Waals surface area contributed by atoms with E-state index in [0.717, 1.165) is 18.9 Å². The van der Waals surface area contributed by atoms with Gasteiger partial charge in [-0.15, -0.1) is 0 Å². The summed E-state index contributed by atoms with van der Waals surface area (Å²) in [7, 11) is -6.11. The van der Waals surface area contributed by atoms with Crippen LogP contribution >= 0.6 is 0 Å². The fraction of sp³-hybridized carbons (Fsp3) is 0.929. The minimum absolute atomic E-state index is 0.272. The summed E-state index contributed by atoms with van der Waals surface area (Å²) in [6.45, 7) is 2.33. The monoisotopic (exact) mass is 430 g/mol. The number of unbranched alkanes of at least 4 members (excludes halogenated alkanes) is 1. The summed E-state index contributed by atoms with van der Waals surface area (Å²) in [5.41, 5.74) is -1.60. The average Bonchev–Trinajstić information content (AvgIpc) is 2.75. The van der Waals surface area contributed by atoms with Crippen LogP contribution in [0.15, 0.2) is 0 Å². The topological polar surface area (TPSA) is 132 Å². The predicted molar refractivity (Wildman–Crippen MR) is 97.9 cm³/mol. The van der Waals surface area contributed by atoms with Crippen LogP contribution in [0.1, 0.15) is 26.7 Å². The molecule has 13 heteroatoms. The summed E-state index contributed by atoms with van der Waals surface area (Å²) in [5, 5.41) is 0. The van der Waals surface area contributed by atoms with Crippen LogP contribution in [0.5, 0.6) is 0 Å². The standard InChI is InChI=1S/C14H27BO10S2/c1-5-6-7-21-12-11(24-10(2)16)13(15)25-14(12,8-22-26(3,17)18)9-23-27(4,19)20/h11-13H,5-9,15H2,1-4H3/t11-,12?,13+/m0/s1. The van der Waals surface area contributed by atoms with E-state index in [-0.39, 0.29) is 6.61 Å². The minimum Gasteiger partial charge on any atom is -0.458 e. The maximum absolute atomic E-state index is 11.5. The van der Waals surface area contributed by atoms with Crippen LogP contribution < -0.4 is 0 Å². The first-order chi connectivity index (χ1) is 12.3. The fourth-order valence-corrected chi connectivity index (χ4v) is 3.52. The van der Waals surface area contributed by atoms with Crippen LogP contribution in [0.2, 0.25) is 0 Å². The molecule has 1 saturated heterocycles. The van der Waals surface area contributed by atoms with Gasteiger partial charge < -0.3 is 14.2 Å². The zero-order valence-corrected chi connectivity index (χ0v) is 17.8. The molecule has 1 unspecified atom stereocenters. The highest BCUT2D eigenvalue weighted by atomic mass is 32.2. The maximum atomic E-state index is 11.5. The number of esters is 1. The third kappa shape index (κ3) is 8.04. The molecular formula is C14H27BO10S2. The van der Waals surface area contributed by atoms with Crippen LogP contribution in [0.25, 0.3) is 0 Å². The second kappa shape index (κ2) is 9.66.